The van der Waals surface area contributed by atoms with Crippen LogP contribution in [-0.2, 0) is 0 Å². The highest BCUT2D eigenvalue weighted by Gasteiger charge is 2.32. The van der Waals surface area contributed by atoms with Crippen molar-refractivity contribution in [1.29, 1.82) is 0 Å². The molecule has 0 aromatic heterocycles. The van der Waals surface area contributed by atoms with Crippen LogP contribution in [-0.4, -0.2) is 23.6 Å². The van der Waals surface area contributed by atoms with Crippen molar-refractivity contribution in [2.75, 3.05) is 11.9 Å². The smallest absolute Gasteiger partial charge is 0.404 e. The van der Waals surface area contributed by atoms with E-state index in [4.69, 9.17) is 0 Å². The van der Waals surface area contributed by atoms with Gasteiger partial charge in [0.05, 0.1) is 11.3 Å². The maximum Gasteiger partial charge on any atom is 0.573 e. The fourth-order valence-corrected chi connectivity index (χ4v) is 1.95. The number of alkyl halides is 3. The Morgan fingerprint density at radius 2 is 1.85 bits per heavy atom. The zero-order valence-electron chi connectivity index (χ0n) is 11.2. The van der Waals surface area contributed by atoms with Gasteiger partial charge < -0.3 is 15.2 Å². The van der Waals surface area contributed by atoms with Crippen LogP contribution < -0.4 is 10.1 Å². The monoisotopic (exact) mass is 355 g/mol. The highest BCUT2D eigenvalue weighted by molar-refractivity contribution is 9.10. The molecule has 0 unspecified atom stereocenters. The minimum absolute atomic E-state index is 0.149. The summed E-state index contributed by atoms with van der Waals surface area (Å²) in [4.78, 5) is 0. The summed E-state index contributed by atoms with van der Waals surface area (Å²) in [5.41, 5.74) is -0.770. The molecule has 1 aromatic carbocycles. The van der Waals surface area contributed by atoms with Crippen LogP contribution >= 0.6 is 15.9 Å². The van der Waals surface area contributed by atoms with Crippen LogP contribution in [0.5, 0.6) is 5.75 Å². The van der Waals surface area contributed by atoms with Crippen molar-refractivity contribution in [3.05, 3.63) is 22.7 Å². The number of hydrogen-bond acceptors (Lipinski definition) is 3. The van der Waals surface area contributed by atoms with E-state index in [0.29, 0.717) is 17.3 Å². The van der Waals surface area contributed by atoms with Crippen molar-refractivity contribution in [2.45, 2.75) is 38.7 Å². The number of ether oxygens (including phenoxy) is 1. The number of aliphatic hydroxyl groups is 1. The first-order chi connectivity index (χ1) is 9.19. The minimum atomic E-state index is -4.76. The molecule has 0 radical (unpaired) electrons. The molecule has 0 amide bonds. The van der Waals surface area contributed by atoms with Crippen molar-refractivity contribution in [1.82, 2.24) is 0 Å². The molecule has 0 spiro atoms. The van der Waals surface area contributed by atoms with E-state index in [2.05, 4.69) is 26.0 Å². The Morgan fingerprint density at radius 3 is 2.35 bits per heavy atom. The van der Waals surface area contributed by atoms with Gasteiger partial charge in [0.2, 0.25) is 0 Å². The number of anilines is 1. The predicted octanol–water partition coefficient (Wildman–Crippen LogP) is 4.31. The van der Waals surface area contributed by atoms with Gasteiger partial charge in [-0.05, 0) is 31.0 Å². The highest BCUT2D eigenvalue weighted by atomic mass is 79.9. The maximum atomic E-state index is 12.3. The second-order valence-corrected chi connectivity index (χ2v) is 5.39. The van der Waals surface area contributed by atoms with E-state index in [1.54, 1.807) is 6.07 Å². The van der Waals surface area contributed by atoms with Gasteiger partial charge in [-0.2, -0.15) is 0 Å². The van der Waals surface area contributed by atoms with E-state index in [1.165, 1.54) is 12.1 Å². The number of halogens is 4. The number of hydrogen-bond donors (Lipinski definition) is 2. The predicted molar refractivity (Wildman–Crippen MR) is 74.8 cm³/mol. The molecular formula is C13H17BrF3NO2. The van der Waals surface area contributed by atoms with Crippen molar-refractivity contribution in [3.63, 3.8) is 0 Å². The minimum Gasteiger partial charge on any atom is -0.404 e. The summed E-state index contributed by atoms with van der Waals surface area (Å²) in [5.74, 6) is -0.332. The summed E-state index contributed by atoms with van der Waals surface area (Å²) in [5, 5.41) is 12.9. The maximum absolute atomic E-state index is 12.3. The molecule has 3 nitrogen and oxygen atoms in total. The lowest BCUT2D eigenvalue weighted by Gasteiger charge is -2.26. The molecule has 0 bridgehead atoms. The molecule has 0 saturated heterocycles. The van der Waals surface area contributed by atoms with Crippen LogP contribution in [0.1, 0.15) is 26.7 Å². The van der Waals surface area contributed by atoms with Gasteiger partial charge in [0, 0.05) is 11.0 Å². The summed E-state index contributed by atoms with van der Waals surface area (Å²) in [7, 11) is 0. The molecule has 0 heterocycles. The molecule has 0 fully saturated rings. The summed E-state index contributed by atoms with van der Waals surface area (Å²) >= 11 is 3.10. The number of nitrogens with one attached hydrogen (secondary N) is 1. The molecule has 20 heavy (non-hydrogen) atoms. The van der Waals surface area contributed by atoms with E-state index < -0.39 is 12.0 Å². The van der Waals surface area contributed by atoms with Crippen molar-refractivity contribution in [3.8, 4) is 5.75 Å². The Kier molecular flexibility index (Phi) is 5.70. The molecule has 0 aliphatic rings. The van der Waals surface area contributed by atoms with Crippen LogP contribution in [0, 0.1) is 0 Å². The fraction of sp³-hybridized carbons (Fsp3) is 0.538. The van der Waals surface area contributed by atoms with Crippen molar-refractivity contribution >= 4 is 21.6 Å². The van der Waals surface area contributed by atoms with E-state index in [9.17, 15) is 18.3 Å². The van der Waals surface area contributed by atoms with Crippen LogP contribution in [0.4, 0.5) is 18.9 Å². The van der Waals surface area contributed by atoms with Crippen LogP contribution in [0.2, 0.25) is 0 Å². The lowest BCUT2D eigenvalue weighted by atomic mass is 9.97. The molecule has 7 heteroatoms. The SMILES string of the molecule is CCC(O)(CC)CNc1ccc(Br)cc1OC(F)(F)F. The normalized spacial score (nSPS) is 12.3. The van der Waals surface area contributed by atoms with E-state index in [-0.39, 0.29) is 18.0 Å². The standard InChI is InChI=1S/C13H17BrF3NO2/c1-3-12(19,4-2)8-18-10-6-5-9(14)7-11(10)20-13(15,16)17/h5-7,18-19H,3-4,8H2,1-2H3. The lowest BCUT2D eigenvalue weighted by Crippen LogP contribution is -2.35. The molecule has 0 aliphatic heterocycles. The second-order valence-electron chi connectivity index (χ2n) is 4.47. The Balaban J connectivity index is 2.89. The molecule has 0 aliphatic carbocycles. The molecule has 0 saturated carbocycles. The largest absolute Gasteiger partial charge is 0.573 e. The van der Waals surface area contributed by atoms with Crippen LogP contribution in [0.25, 0.3) is 0 Å². The molecule has 1 rings (SSSR count). The van der Waals surface area contributed by atoms with Gasteiger partial charge in [0.15, 0.2) is 5.75 Å². The average molecular weight is 356 g/mol. The first-order valence-corrected chi connectivity index (χ1v) is 7.00. The van der Waals surface area contributed by atoms with Crippen molar-refractivity contribution in [2.24, 2.45) is 0 Å². The third-order valence-electron chi connectivity index (χ3n) is 3.09. The Morgan fingerprint density at radius 1 is 1.25 bits per heavy atom. The van der Waals surface area contributed by atoms with Gasteiger partial charge in [-0.1, -0.05) is 29.8 Å². The van der Waals surface area contributed by atoms with Crippen LogP contribution in [0.3, 0.4) is 0 Å². The highest BCUT2D eigenvalue weighted by Crippen LogP contribution is 2.33. The van der Waals surface area contributed by atoms with E-state index in [1.807, 2.05) is 13.8 Å². The van der Waals surface area contributed by atoms with Crippen molar-refractivity contribution < 1.29 is 23.0 Å². The van der Waals surface area contributed by atoms with E-state index in [0.717, 1.165) is 0 Å². The lowest BCUT2D eigenvalue weighted by molar-refractivity contribution is -0.274. The van der Waals surface area contributed by atoms with Gasteiger partial charge in [0.1, 0.15) is 0 Å². The van der Waals surface area contributed by atoms with Crippen LogP contribution in [0.15, 0.2) is 22.7 Å². The first kappa shape index (κ1) is 17.1. The summed E-state index contributed by atoms with van der Waals surface area (Å²) < 4.78 is 41.5. The summed E-state index contributed by atoms with van der Waals surface area (Å²) in [6, 6.07) is 4.30. The van der Waals surface area contributed by atoms with Gasteiger partial charge in [-0.25, -0.2) is 0 Å². The number of rotatable bonds is 6. The second kappa shape index (κ2) is 6.67. The Bertz CT molecular complexity index is 448. The molecule has 114 valence electrons. The van der Waals surface area contributed by atoms with E-state index >= 15 is 0 Å². The third-order valence-corrected chi connectivity index (χ3v) is 3.59. The average Bonchev–Trinajstić information content (AvgIpc) is 2.35. The molecule has 1 aromatic rings. The Hall–Kier alpha value is -0.950. The molecule has 0 atom stereocenters. The zero-order valence-corrected chi connectivity index (χ0v) is 12.8. The van der Waals surface area contributed by atoms with Gasteiger partial charge in [0.25, 0.3) is 0 Å². The molecular weight excluding hydrogens is 339 g/mol. The molecule has 2 N–H and O–H groups in total. The summed E-state index contributed by atoms with van der Waals surface area (Å²) in [6.07, 6.45) is -3.76. The Labute approximate surface area is 124 Å². The van der Waals surface area contributed by atoms with Gasteiger partial charge in [-0.15, -0.1) is 13.2 Å². The quantitative estimate of drug-likeness (QED) is 0.798. The summed E-state index contributed by atoms with van der Waals surface area (Å²) in [6.45, 7) is 3.79. The fourth-order valence-electron chi connectivity index (χ4n) is 1.61. The van der Waals surface area contributed by atoms with Gasteiger partial charge >= 0.3 is 6.36 Å². The number of benzene rings is 1. The first-order valence-electron chi connectivity index (χ1n) is 6.20. The van der Waals surface area contributed by atoms with Gasteiger partial charge in [-0.3, -0.25) is 0 Å². The zero-order chi connectivity index (χ0) is 15.4. The third kappa shape index (κ3) is 5.20. The topological polar surface area (TPSA) is 41.5 Å².